The fourth-order valence-electron chi connectivity index (χ4n) is 2.91. The predicted octanol–water partition coefficient (Wildman–Crippen LogP) is 0.936. The zero-order chi connectivity index (χ0) is 17.7. The number of hydrogen-bond acceptors (Lipinski definition) is 7. The van der Waals surface area contributed by atoms with Gasteiger partial charge in [0.05, 0.1) is 6.26 Å². The van der Waals surface area contributed by atoms with Crippen molar-refractivity contribution in [3.8, 4) is 0 Å². The third-order valence-corrected chi connectivity index (χ3v) is 5.64. The van der Waals surface area contributed by atoms with Crippen molar-refractivity contribution in [2.24, 2.45) is 0 Å². The molecule has 0 aliphatic carbocycles. The molecule has 0 spiro atoms. The van der Waals surface area contributed by atoms with Gasteiger partial charge in [-0.25, -0.2) is 12.7 Å². The lowest BCUT2D eigenvalue weighted by Gasteiger charge is -2.28. The van der Waals surface area contributed by atoms with E-state index in [1.54, 1.807) is 6.20 Å². The van der Waals surface area contributed by atoms with E-state index in [1.165, 1.54) is 10.6 Å². The van der Waals surface area contributed by atoms with Gasteiger partial charge in [0.1, 0.15) is 0 Å². The van der Waals surface area contributed by atoms with Gasteiger partial charge >= 0.3 is 0 Å². The Morgan fingerprint density at radius 1 is 1.36 bits per heavy atom. The number of nitrogens with zero attached hydrogens (tertiary/aromatic N) is 4. The average molecular weight is 365 g/mol. The van der Waals surface area contributed by atoms with Crippen LogP contribution >= 0.6 is 0 Å². The van der Waals surface area contributed by atoms with Crippen molar-refractivity contribution in [2.45, 2.75) is 31.7 Å². The molecule has 3 heterocycles. The number of hydrogen-bond donors (Lipinski definition) is 1. The summed E-state index contributed by atoms with van der Waals surface area (Å²) < 4.78 is 29.9. The van der Waals surface area contributed by atoms with Gasteiger partial charge in [0.2, 0.25) is 15.9 Å². The van der Waals surface area contributed by atoms with Gasteiger partial charge in [0, 0.05) is 50.9 Å². The number of pyridine rings is 1. The highest BCUT2D eigenvalue weighted by Crippen LogP contribution is 2.26. The molecule has 3 rings (SSSR count). The number of sulfonamides is 1. The molecule has 0 radical (unpaired) electrons. The quantitative estimate of drug-likeness (QED) is 0.729. The van der Waals surface area contributed by atoms with E-state index in [1.807, 2.05) is 18.3 Å². The molecular weight excluding hydrogens is 342 g/mol. The zero-order valence-corrected chi connectivity index (χ0v) is 15.1. The maximum atomic E-state index is 11.5. The van der Waals surface area contributed by atoms with Crippen molar-refractivity contribution in [1.82, 2.24) is 24.7 Å². The van der Waals surface area contributed by atoms with E-state index >= 15 is 0 Å². The Morgan fingerprint density at radius 2 is 2.16 bits per heavy atom. The summed E-state index contributed by atoms with van der Waals surface area (Å²) in [7, 11) is -3.11. The molecule has 0 unspecified atom stereocenters. The minimum absolute atomic E-state index is 0.166. The minimum atomic E-state index is -3.11. The van der Waals surface area contributed by atoms with Gasteiger partial charge in [-0.05, 0) is 24.5 Å². The van der Waals surface area contributed by atoms with E-state index < -0.39 is 10.0 Å². The Morgan fingerprint density at radius 3 is 2.84 bits per heavy atom. The number of aromatic nitrogens is 3. The lowest BCUT2D eigenvalue weighted by atomic mass is 9.97. The highest BCUT2D eigenvalue weighted by molar-refractivity contribution is 7.88. The summed E-state index contributed by atoms with van der Waals surface area (Å²) in [6.45, 7) is 2.52. The van der Waals surface area contributed by atoms with E-state index in [4.69, 9.17) is 4.52 Å². The van der Waals surface area contributed by atoms with Crippen LogP contribution in [0.4, 0.5) is 0 Å². The molecule has 1 N–H and O–H groups in total. The monoisotopic (exact) mass is 365 g/mol. The smallest absolute Gasteiger partial charge is 0.227 e. The van der Waals surface area contributed by atoms with Gasteiger partial charge in [0.25, 0.3) is 0 Å². The van der Waals surface area contributed by atoms with Crippen molar-refractivity contribution in [3.05, 3.63) is 41.8 Å². The lowest BCUT2D eigenvalue weighted by Crippen LogP contribution is -2.37. The first-order chi connectivity index (χ1) is 12.0. The molecule has 1 aliphatic rings. The summed E-state index contributed by atoms with van der Waals surface area (Å²) in [6, 6.07) is 3.93. The van der Waals surface area contributed by atoms with Crippen molar-refractivity contribution in [2.75, 3.05) is 25.9 Å². The molecule has 2 aromatic heterocycles. The van der Waals surface area contributed by atoms with Gasteiger partial charge < -0.3 is 9.84 Å². The van der Waals surface area contributed by atoms with Crippen LogP contribution in [-0.4, -0.2) is 53.7 Å². The molecule has 2 aromatic rings. The average Bonchev–Trinajstić information content (AvgIpc) is 3.08. The van der Waals surface area contributed by atoms with Crippen molar-refractivity contribution < 1.29 is 12.9 Å². The first-order valence-corrected chi connectivity index (χ1v) is 10.2. The molecule has 0 aromatic carbocycles. The van der Waals surface area contributed by atoms with Gasteiger partial charge in [-0.1, -0.05) is 11.2 Å². The van der Waals surface area contributed by atoms with Crippen LogP contribution in [0.1, 0.15) is 36.0 Å². The predicted molar refractivity (Wildman–Crippen MR) is 92.3 cm³/mol. The molecule has 9 heteroatoms. The van der Waals surface area contributed by atoms with Crippen LogP contribution in [0.25, 0.3) is 0 Å². The number of rotatable bonds is 7. The first-order valence-electron chi connectivity index (χ1n) is 8.39. The van der Waals surface area contributed by atoms with Gasteiger partial charge in [-0.15, -0.1) is 0 Å². The van der Waals surface area contributed by atoms with Crippen molar-refractivity contribution in [3.63, 3.8) is 0 Å². The Kier molecular flexibility index (Phi) is 5.77. The summed E-state index contributed by atoms with van der Waals surface area (Å²) in [5.74, 6) is 1.47. The second-order valence-electron chi connectivity index (χ2n) is 6.27. The van der Waals surface area contributed by atoms with E-state index in [9.17, 15) is 8.42 Å². The molecule has 0 atom stereocenters. The van der Waals surface area contributed by atoms with Crippen LogP contribution in [-0.2, 0) is 23.0 Å². The maximum absolute atomic E-state index is 11.5. The number of piperidine rings is 1. The molecule has 1 aliphatic heterocycles. The fraction of sp³-hybridized carbons (Fsp3) is 0.562. The second-order valence-corrected chi connectivity index (χ2v) is 8.25. The highest BCUT2D eigenvalue weighted by atomic mass is 32.2. The van der Waals surface area contributed by atoms with Crippen LogP contribution in [0.15, 0.2) is 29.0 Å². The molecular formula is C16H23N5O3S. The number of nitrogens with one attached hydrogen (secondary N) is 1. The normalized spacial score (nSPS) is 17.0. The highest BCUT2D eigenvalue weighted by Gasteiger charge is 2.28. The maximum Gasteiger partial charge on any atom is 0.227 e. The van der Waals surface area contributed by atoms with Crippen LogP contribution in [0.2, 0.25) is 0 Å². The molecule has 25 heavy (non-hydrogen) atoms. The van der Waals surface area contributed by atoms with Crippen molar-refractivity contribution >= 4 is 10.0 Å². The summed E-state index contributed by atoms with van der Waals surface area (Å²) >= 11 is 0. The molecule has 0 bridgehead atoms. The molecule has 1 fully saturated rings. The molecule has 8 nitrogen and oxygen atoms in total. The van der Waals surface area contributed by atoms with Crippen LogP contribution in [0, 0.1) is 0 Å². The SMILES string of the molecule is CS(=O)(=O)N1CCC(c2noc(CCNCc3cccnc3)n2)CC1. The van der Waals surface area contributed by atoms with Crippen molar-refractivity contribution in [1.29, 1.82) is 0 Å². The summed E-state index contributed by atoms with van der Waals surface area (Å²) in [4.78, 5) is 8.54. The van der Waals surface area contributed by atoms with Crippen LogP contribution in [0.5, 0.6) is 0 Å². The first kappa shape index (κ1) is 18.0. The van der Waals surface area contributed by atoms with E-state index in [0.717, 1.165) is 31.5 Å². The standard InChI is InChI=1S/C16H23N5O3S/c1-25(22,23)21-9-5-14(6-10-21)16-19-15(24-20-16)4-8-18-12-13-3-2-7-17-11-13/h2-3,7,11,14,18H,4-6,8-10,12H2,1H3. The lowest BCUT2D eigenvalue weighted by molar-refractivity contribution is 0.306. The summed E-state index contributed by atoms with van der Waals surface area (Å²) in [5, 5.41) is 7.39. The summed E-state index contributed by atoms with van der Waals surface area (Å²) in [5.41, 5.74) is 1.13. The molecule has 0 saturated carbocycles. The Hall–Kier alpha value is -1.84. The van der Waals surface area contributed by atoms with Gasteiger partial charge in [-0.2, -0.15) is 4.98 Å². The van der Waals surface area contributed by atoms with Crippen LogP contribution in [0.3, 0.4) is 0 Å². The third kappa shape index (κ3) is 5.07. The minimum Gasteiger partial charge on any atom is -0.339 e. The second kappa shape index (κ2) is 8.03. The Balaban J connectivity index is 1.43. The summed E-state index contributed by atoms with van der Waals surface area (Å²) in [6.07, 6.45) is 6.95. The van der Waals surface area contributed by atoms with E-state index in [2.05, 4.69) is 20.4 Å². The molecule has 1 saturated heterocycles. The zero-order valence-electron chi connectivity index (χ0n) is 14.3. The van der Waals surface area contributed by atoms with E-state index in [-0.39, 0.29) is 5.92 Å². The van der Waals surface area contributed by atoms with Gasteiger partial charge in [-0.3, -0.25) is 4.98 Å². The van der Waals surface area contributed by atoms with E-state index in [0.29, 0.717) is 31.2 Å². The molecule has 0 amide bonds. The van der Waals surface area contributed by atoms with Gasteiger partial charge in [0.15, 0.2) is 5.82 Å². The fourth-order valence-corrected chi connectivity index (χ4v) is 3.79. The van der Waals surface area contributed by atoms with Crippen LogP contribution < -0.4 is 5.32 Å². The Bertz CT molecular complexity index is 770. The largest absolute Gasteiger partial charge is 0.339 e. The Labute approximate surface area is 147 Å². The molecule has 136 valence electrons. The third-order valence-electron chi connectivity index (χ3n) is 4.34. The topological polar surface area (TPSA) is 101 Å².